The van der Waals surface area contributed by atoms with E-state index in [1.165, 1.54) is 19.3 Å². The molecule has 1 nitrogen and oxygen atoms in total. The zero-order valence-corrected chi connectivity index (χ0v) is 7.73. The van der Waals surface area contributed by atoms with Crippen LogP contribution < -0.4 is 0 Å². The minimum absolute atomic E-state index is 0.524. The minimum atomic E-state index is 0.524. The zero-order valence-electron chi connectivity index (χ0n) is 6.98. The van der Waals surface area contributed by atoms with Gasteiger partial charge < -0.3 is 4.74 Å². The van der Waals surface area contributed by atoms with E-state index < -0.39 is 0 Å². The van der Waals surface area contributed by atoms with E-state index >= 15 is 0 Å². The molecule has 0 aromatic heterocycles. The van der Waals surface area contributed by atoms with Crippen molar-refractivity contribution in [3.8, 4) is 0 Å². The van der Waals surface area contributed by atoms with Crippen LogP contribution in [0.3, 0.4) is 0 Å². The lowest BCUT2D eigenvalue weighted by atomic mass is 9.99. The molecule has 2 aliphatic carbocycles. The van der Waals surface area contributed by atoms with Crippen molar-refractivity contribution in [3.05, 3.63) is 0 Å². The summed E-state index contributed by atoms with van der Waals surface area (Å²) in [6, 6.07) is 0. The number of hydrogen-bond acceptors (Lipinski definition) is 1. The van der Waals surface area contributed by atoms with Crippen molar-refractivity contribution in [1.29, 1.82) is 0 Å². The van der Waals surface area contributed by atoms with Gasteiger partial charge in [0.05, 0.1) is 6.61 Å². The number of halogens is 1. The molecule has 0 bridgehead atoms. The highest BCUT2D eigenvalue weighted by molar-refractivity contribution is 6.18. The second kappa shape index (κ2) is 2.63. The van der Waals surface area contributed by atoms with E-state index in [0.29, 0.717) is 5.41 Å². The SMILES string of the molecule is COCC1(C2CC2)CC1CCl. The summed E-state index contributed by atoms with van der Waals surface area (Å²) >= 11 is 5.84. The van der Waals surface area contributed by atoms with Crippen LogP contribution >= 0.6 is 11.6 Å². The molecule has 0 radical (unpaired) electrons. The lowest BCUT2D eigenvalue weighted by Gasteiger charge is -2.13. The monoisotopic (exact) mass is 174 g/mol. The maximum absolute atomic E-state index is 5.84. The summed E-state index contributed by atoms with van der Waals surface area (Å²) in [4.78, 5) is 0. The molecule has 0 N–H and O–H groups in total. The van der Waals surface area contributed by atoms with Crippen LogP contribution in [-0.4, -0.2) is 19.6 Å². The third-order valence-corrected chi connectivity index (χ3v) is 3.64. The molecule has 2 heteroatoms. The zero-order chi connectivity index (χ0) is 7.90. The van der Waals surface area contributed by atoms with Gasteiger partial charge in [-0.05, 0) is 31.1 Å². The van der Waals surface area contributed by atoms with E-state index in [2.05, 4.69) is 0 Å². The number of alkyl halides is 1. The fourth-order valence-electron chi connectivity index (χ4n) is 2.33. The first-order valence-corrected chi connectivity index (χ1v) is 4.92. The van der Waals surface area contributed by atoms with Crippen LogP contribution in [0.4, 0.5) is 0 Å². The summed E-state index contributed by atoms with van der Waals surface area (Å²) in [6.45, 7) is 0.940. The van der Waals surface area contributed by atoms with Gasteiger partial charge in [-0.3, -0.25) is 0 Å². The van der Waals surface area contributed by atoms with Crippen molar-refractivity contribution in [1.82, 2.24) is 0 Å². The van der Waals surface area contributed by atoms with Crippen LogP contribution in [0.15, 0.2) is 0 Å². The molecule has 2 aliphatic rings. The van der Waals surface area contributed by atoms with Gasteiger partial charge >= 0.3 is 0 Å². The molecular weight excluding hydrogens is 160 g/mol. The molecule has 2 fully saturated rings. The van der Waals surface area contributed by atoms with E-state index in [9.17, 15) is 0 Å². The molecule has 0 heterocycles. The van der Waals surface area contributed by atoms with Crippen LogP contribution in [0.1, 0.15) is 19.3 Å². The first kappa shape index (κ1) is 7.88. The molecule has 0 aromatic rings. The molecule has 2 unspecified atom stereocenters. The first-order chi connectivity index (χ1) is 5.33. The van der Waals surface area contributed by atoms with Crippen LogP contribution in [0.2, 0.25) is 0 Å². The molecule has 2 rings (SSSR count). The van der Waals surface area contributed by atoms with Gasteiger partial charge in [0.2, 0.25) is 0 Å². The van der Waals surface area contributed by atoms with E-state index in [-0.39, 0.29) is 0 Å². The second-order valence-corrected chi connectivity index (χ2v) is 4.30. The summed E-state index contributed by atoms with van der Waals surface area (Å²) in [7, 11) is 1.80. The highest BCUT2D eigenvalue weighted by Gasteiger charge is 2.61. The largest absolute Gasteiger partial charge is 0.384 e. The molecule has 11 heavy (non-hydrogen) atoms. The van der Waals surface area contributed by atoms with Crippen LogP contribution in [0.25, 0.3) is 0 Å². The van der Waals surface area contributed by atoms with Gasteiger partial charge in [0.25, 0.3) is 0 Å². The molecule has 0 aromatic carbocycles. The average Bonchev–Trinajstić information content (AvgIpc) is 2.83. The van der Waals surface area contributed by atoms with E-state index in [0.717, 1.165) is 24.3 Å². The summed E-state index contributed by atoms with van der Waals surface area (Å²) in [5, 5.41) is 0. The van der Waals surface area contributed by atoms with Crippen LogP contribution in [0, 0.1) is 17.3 Å². The summed E-state index contributed by atoms with van der Waals surface area (Å²) in [6.07, 6.45) is 4.14. The van der Waals surface area contributed by atoms with Crippen LogP contribution in [0.5, 0.6) is 0 Å². The molecular formula is C9H15ClO. The fraction of sp³-hybridized carbons (Fsp3) is 1.00. The Morgan fingerprint density at radius 2 is 2.27 bits per heavy atom. The maximum atomic E-state index is 5.84. The molecule has 0 saturated heterocycles. The number of rotatable bonds is 4. The molecule has 0 spiro atoms. The van der Waals surface area contributed by atoms with Crippen molar-refractivity contribution < 1.29 is 4.74 Å². The Balaban J connectivity index is 1.94. The average molecular weight is 175 g/mol. The number of ether oxygens (including phenoxy) is 1. The highest BCUT2D eigenvalue weighted by Crippen LogP contribution is 2.65. The Morgan fingerprint density at radius 3 is 2.64 bits per heavy atom. The van der Waals surface area contributed by atoms with E-state index in [4.69, 9.17) is 16.3 Å². The van der Waals surface area contributed by atoms with E-state index in [1.54, 1.807) is 7.11 Å². The maximum Gasteiger partial charge on any atom is 0.0524 e. The number of hydrogen-bond donors (Lipinski definition) is 0. The molecule has 2 saturated carbocycles. The summed E-state index contributed by atoms with van der Waals surface area (Å²) < 4.78 is 5.24. The lowest BCUT2D eigenvalue weighted by Crippen LogP contribution is -2.15. The molecule has 0 aliphatic heterocycles. The standard InChI is InChI=1S/C9H15ClO/c1-11-6-9(7-2-3-7)4-8(9)5-10/h7-8H,2-6H2,1H3. The molecule has 64 valence electrons. The Bertz CT molecular complexity index is 156. The number of methoxy groups -OCH3 is 1. The Kier molecular flexibility index (Phi) is 1.89. The van der Waals surface area contributed by atoms with Crippen molar-refractivity contribution >= 4 is 11.6 Å². The van der Waals surface area contributed by atoms with Crippen molar-refractivity contribution in [2.45, 2.75) is 19.3 Å². The second-order valence-electron chi connectivity index (χ2n) is 4.00. The van der Waals surface area contributed by atoms with Gasteiger partial charge in [-0.25, -0.2) is 0 Å². The molecule has 2 atom stereocenters. The topological polar surface area (TPSA) is 9.23 Å². The van der Waals surface area contributed by atoms with Gasteiger partial charge in [0.15, 0.2) is 0 Å². The molecule has 0 amide bonds. The van der Waals surface area contributed by atoms with Gasteiger partial charge in [0.1, 0.15) is 0 Å². The predicted molar refractivity (Wildman–Crippen MR) is 45.9 cm³/mol. The van der Waals surface area contributed by atoms with Crippen LogP contribution in [-0.2, 0) is 4.74 Å². The van der Waals surface area contributed by atoms with Gasteiger partial charge in [-0.1, -0.05) is 0 Å². The summed E-state index contributed by atoms with van der Waals surface area (Å²) in [5.41, 5.74) is 0.524. The Labute approximate surface area is 73.1 Å². The Morgan fingerprint density at radius 1 is 1.55 bits per heavy atom. The minimum Gasteiger partial charge on any atom is -0.384 e. The smallest absolute Gasteiger partial charge is 0.0524 e. The van der Waals surface area contributed by atoms with Crippen molar-refractivity contribution in [3.63, 3.8) is 0 Å². The highest BCUT2D eigenvalue weighted by atomic mass is 35.5. The predicted octanol–water partition coefficient (Wildman–Crippen LogP) is 2.29. The van der Waals surface area contributed by atoms with Gasteiger partial charge in [-0.2, -0.15) is 0 Å². The fourth-order valence-corrected chi connectivity index (χ4v) is 2.75. The van der Waals surface area contributed by atoms with E-state index in [1.807, 2.05) is 0 Å². The Hall–Kier alpha value is 0.250. The summed E-state index contributed by atoms with van der Waals surface area (Å²) in [5.74, 6) is 2.54. The quantitative estimate of drug-likeness (QED) is 0.595. The normalized spacial score (nSPS) is 42.5. The van der Waals surface area contributed by atoms with Gasteiger partial charge in [-0.15, -0.1) is 11.6 Å². The lowest BCUT2D eigenvalue weighted by molar-refractivity contribution is 0.121. The van der Waals surface area contributed by atoms with Gasteiger partial charge in [0, 0.05) is 18.4 Å². The van der Waals surface area contributed by atoms with Crippen molar-refractivity contribution in [2.24, 2.45) is 17.3 Å². The van der Waals surface area contributed by atoms with Crippen molar-refractivity contribution in [2.75, 3.05) is 19.6 Å². The third-order valence-electron chi connectivity index (χ3n) is 3.27. The third kappa shape index (κ3) is 1.19. The first-order valence-electron chi connectivity index (χ1n) is 4.38.